The molecule has 3 nitrogen and oxygen atoms in total. The topological polar surface area (TPSA) is 35.5 Å². The maximum atomic E-state index is 12.2. The van der Waals surface area contributed by atoms with Crippen LogP contribution in [0.25, 0.3) is 0 Å². The number of carbonyl (C=O) groups is 1. The van der Waals surface area contributed by atoms with Crippen molar-refractivity contribution in [1.82, 2.24) is 0 Å². The highest BCUT2D eigenvalue weighted by molar-refractivity contribution is 9.10. The van der Waals surface area contributed by atoms with E-state index in [4.69, 9.17) is 9.47 Å². The van der Waals surface area contributed by atoms with Gasteiger partial charge in [-0.2, -0.15) is 0 Å². The molecule has 1 aliphatic rings. The molecule has 92 valence electrons. The summed E-state index contributed by atoms with van der Waals surface area (Å²) in [4.78, 5) is 12.2. The van der Waals surface area contributed by atoms with Crippen molar-refractivity contribution in [3.8, 4) is 11.5 Å². The molecule has 0 N–H and O–H groups in total. The lowest BCUT2D eigenvalue weighted by molar-refractivity contribution is 0.0854. The lowest BCUT2D eigenvalue weighted by Crippen LogP contribution is -2.22. The van der Waals surface area contributed by atoms with E-state index in [0.29, 0.717) is 17.1 Å². The van der Waals surface area contributed by atoms with Crippen molar-refractivity contribution in [1.29, 1.82) is 0 Å². The van der Waals surface area contributed by atoms with Gasteiger partial charge in [0.25, 0.3) is 0 Å². The molecule has 1 fully saturated rings. The summed E-state index contributed by atoms with van der Waals surface area (Å²) in [7, 11) is 3.15. The van der Waals surface area contributed by atoms with Gasteiger partial charge >= 0.3 is 0 Å². The van der Waals surface area contributed by atoms with Crippen LogP contribution in [0.5, 0.6) is 11.5 Å². The molecule has 0 unspecified atom stereocenters. The third-order valence-electron chi connectivity index (χ3n) is 3.21. The fourth-order valence-corrected chi connectivity index (χ4v) is 2.45. The van der Waals surface area contributed by atoms with E-state index in [-0.39, 0.29) is 11.7 Å². The standard InChI is InChI=1S/C13H15BrO3/c1-16-11-6-9(10(14)7-12(11)17-2)13(15)8-4-3-5-8/h6-8H,3-5H2,1-2H3. The minimum atomic E-state index is 0.185. The Morgan fingerprint density at radius 1 is 1.24 bits per heavy atom. The molecular formula is C13H15BrO3. The van der Waals surface area contributed by atoms with E-state index in [0.717, 1.165) is 23.7 Å². The Labute approximate surface area is 109 Å². The highest BCUT2D eigenvalue weighted by atomic mass is 79.9. The third-order valence-corrected chi connectivity index (χ3v) is 3.87. The van der Waals surface area contributed by atoms with Crippen LogP contribution in [-0.4, -0.2) is 20.0 Å². The van der Waals surface area contributed by atoms with Crippen LogP contribution < -0.4 is 9.47 Å². The highest BCUT2D eigenvalue weighted by Crippen LogP contribution is 2.37. The van der Waals surface area contributed by atoms with Gasteiger partial charge in [0.1, 0.15) is 0 Å². The first-order chi connectivity index (χ1) is 8.17. The maximum absolute atomic E-state index is 12.2. The van der Waals surface area contributed by atoms with E-state index in [2.05, 4.69) is 15.9 Å². The van der Waals surface area contributed by atoms with E-state index in [1.807, 2.05) is 0 Å². The van der Waals surface area contributed by atoms with Crippen molar-refractivity contribution in [2.75, 3.05) is 14.2 Å². The van der Waals surface area contributed by atoms with Gasteiger partial charge in [-0.05, 0) is 40.9 Å². The van der Waals surface area contributed by atoms with Crippen molar-refractivity contribution in [2.45, 2.75) is 19.3 Å². The number of halogens is 1. The van der Waals surface area contributed by atoms with Crippen LogP contribution in [0.4, 0.5) is 0 Å². The van der Waals surface area contributed by atoms with E-state index in [1.54, 1.807) is 26.4 Å². The number of carbonyl (C=O) groups excluding carboxylic acids is 1. The number of hydrogen-bond acceptors (Lipinski definition) is 3. The van der Waals surface area contributed by atoms with Crippen molar-refractivity contribution in [3.05, 3.63) is 22.2 Å². The van der Waals surface area contributed by atoms with Gasteiger partial charge in [-0.3, -0.25) is 4.79 Å². The molecule has 1 saturated carbocycles. The summed E-state index contributed by atoms with van der Waals surface area (Å²) in [6, 6.07) is 3.54. The van der Waals surface area contributed by atoms with Crippen molar-refractivity contribution in [2.24, 2.45) is 5.92 Å². The molecular weight excluding hydrogens is 284 g/mol. The van der Waals surface area contributed by atoms with Gasteiger partial charge < -0.3 is 9.47 Å². The summed E-state index contributed by atoms with van der Waals surface area (Å²) in [5.74, 6) is 1.61. The maximum Gasteiger partial charge on any atom is 0.167 e. The van der Waals surface area contributed by atoms with E-state index in [1.165, 1.54) is 0 Å². The molecule has 17 heavy (non-hydrogen) atoms. The van der Waals surface area contributed by atoms with Gasteiger partial charge in [0, 0.05) is 16.0 Å². The number of methoxy groups -OCH3 is 2. The molecule has 0 bridgehead atoms. The number of benzene rings is 1. The van der Waals surface area contributed by atoms with E-state index in [9.17, 15) is 4.79 Å². The predicted molar refractivity (Wildman–Crippen MR) is 68.9 cm³/mol. The molecule has 4 heteroatoms. The van der Waals surface area contributed by atoms with Gasteiger partial charge in [-0.15, -0.1) is 0 Å². The van der Waals surface area contributed by atoms with Crippen molar-refractivity contribution >= 4 is 21.7 Å². The van der Waals surface area contributed by atoms with Crippen LogP contribution >= 0.6 is 15.9 Å². The Bertz CT molecular complexity index is 439. The summed E-state index contributed by atoms with van der Waals surface area (Å²) in [5, 5.41) is 0. The van der Waals surface area contributed by atoms with E-state index < -0.39 is 0 Å². The Kier molecular flexibility index (Phi) is 3.72. The number of rotatable bonds is 4. The molecule has 0 atom stereocenters. The molecule has 1 aromatic rings. The molecule has 0 aromatic heterocycles. The smallest absolute Gasteiger partial charge is 0.167 e. The molecule has 2 rings (SSSR count). The summed E-state index contributed by atoms with van der Waals surface area (Å²) in [5.41, 5.74) is 0.687. The first kappa shape index (κ1) is 12.4. The summed E-state index contributed by atoms with van der Waals surface area (Å²) in [6.07, 6.45) is 3.15. The number of hydrogen-bond donors (Lipinski definition) is 0. The highest BCUT2D eigenvalue weighted by Gasteiger charge is 2.28. The molecule has 0 amide bonds. The monoisotopic (exact) mass is 298 g/mol. The van der Waals surface area contributed by atoms with Crippen molar-refractivity contribution in [3.63, 3.8) is 0 Å². The van der Waals surface area contributed by atoms with Gasteiger partial charge in [-0.1, -0.05) is 6.42 Å². The van der Waals surface area contributed by atoms with Crippen LogP contribution in [0, 0.1) is 5.92 Å². The fraction of sp³-hybridized carbons (Fsp3) is 0.462. The first-order valence-corrected chi connectivity index (χ1v) is 6.42. The first-order valence-electron chi connectivity index (χ1n) is 5.63. The zero-order chi connectivity index (χ0) is 12.4. The van der Waals surface area contributed by atoms with Crippen LogP contribution in [0.15, 0.2) is 16.6 Å². The van der Waals surface area contributed by atoms with Gasteiger partial charge in [0.2, 0.25) is 0 Å². The number of Topliss-reactive ketones (excluding diaryl/α,β-unsaturated/α-hetero) is 1. The van der Waals surface area contributed by atoms with Gasteiger partial charge in [0.05, 0.1) is 14.2 Å². The zero-order valence-corrected chi connectivity index (χ0v) is 11.5. The molecule has 0 saturated heterocycles. The molecule has 0 radical (unpaired) electrons. The van der Waals surface area contributed by atoms with E-state index >= 15 is 0 Å². The number of ether oxygens (including phenoxy) is 2. The Hall–Kier alpha value is -1.03. The van der Waals surface area contributed by atoms with Crippen LogP contribution in [0.1, 0.15) is 29.6 Å². The SMILES string of the molecule is COc1cc(Br)c(C(=O)C2CCC2)cc1OC. The Morgan fingerprint density at radius 2 is 1.82 bits per heavy atom. The molecule has 0 aliphatic heterocycles. The summed E-state index contributed by atoms with van der Waals surface area (Å²) >= 11 is 3.42. The van der Waals surface area contributed by atoms with Crippen LogP contribution in [-0.2, 0) is 0 Å². The minimum Gasteiger partial charge on any atom is -0.493 e. The molecule has 1 aliphatic carbocycles. The molecule has 1 aromatic carbocycles. The summed E-state index contributed by atoms with van der Waals surface area (Å²) < 4.78 is 11.2. The van der Waals surface area contributed by atoms with Gasteiger partial charge in [0.15, 0.2) is 17.3 Å². The average Bonchev–Trinajstić information content (AvgIpc) is 2.26. The molecule has 0 spiro atoms. The second-order valence-corrected chi connectivity index (χ2v) is 5.03. The third kappa shape index (κ3) is 2.32. The predicted octanol–water partition coefficient (Wildman–Crippen LogP) is 3.45. The minimum absolute atomic E-state index is 0.185. The normalized spacial score (nSPS) is 15.2. The fourth-order valence-electron chi connectivity index (χ4n) is 1.93. The van der Waals surface area contributed by atoms with Crippen LogP contribution in [0.3, 0.4) is 0 Å². The second kappa shape index (κ2) is 5.08. The molecule has 0 heterocycles. The number of ketones is 1. The largest absolute Gasteiger partial charge is 0.493 e. The zero-order valence-electron chi connectivity index (χ0n) is 9.96. The van der Waals surface area contributed by atoms with Crippen molar-refractivity contribution < 1.29 is 14.3 Å². The van der Waals surface area contributed by atoms with Crippen LogP contribution in [0.2, 0.25) is 0 Å². The lowest BCUT2D eigenvalue weighted by Gasteiger charge is -2.24. The Morgan fingerprint density at radius 3 is 2.29 bits per heavy atom. The van der Waals surface area contributed by atoms with Gasteiger partial charge in [-0.25, -0.2) is 0 Å². The average molecular weight is 299 g/mol. The lowest BCUT2D eigenvalue weighted by atomic mass is 9.80. The summed E-state index contributed by atoms with van der Waals surface area (Å²) in [6.45, 7) is 0. The second-order valence-electron chi connectivity index (χ2n) is 4.18. The Balaban J connectivity index is 2.36. The quantitative estimate of drug-likeness (QED) is 0.799.